The van der Waals surface area contributed by atoms with E-state index in [-0.39, 0.29) is 0 Å². The van der Waals surface area contributed by atoms with Gasteiger partial charge in [0.15, 0.2) is 0 Å². The SMILES string of the molecule is Cc1cccc2c1-c1c(C)cccc1C2[Si](C)(C)C1C=CC=C1. The smallest absolute Gasteiger partial charge is 0.0715 e. The predicted octanol–water partition coefficient (Wildman–Crippen LogP) is 6.16. The van der Waals surface area contributed by atoms with E-state index in [2.05, 4.69) is 87.6 Å². The van der Waals surface area contributed by atoms with Crippen LogP contribution in [0.3, 0.4) is 0 Å². The molecule has 0 atom stereocenters. The van der Waals surface area contributed by atoms with Gasteiger partial charge in [0.25, 0.3) is 0 Å². The normalized spacial score (nSPS) is 16.9. The molecule has 0 amide bonds. The Hall–Kier alpha value is -1.86. The lowest BCUT2D eigenvalue weighted by atomic mass is 9.97. The highest BCUT2D eigenvalue weighted by molar-refractivity contribution is 6.82. The van der Waals surface area contributed by atoms with E-state index in [9.17, 15) is 0 Å². The number of hydrogen-bond acceptors (Lipinski definition) is 0. The molecule has 2 aliphatic carbocycles. The summed E-state index contributed by atoms with van der Waals surface area (Å²) >= 11 is 0. The van der Waals surface area contributed by atoms with Gasteiger partial charge in [0.05, 0.1) is 8.07 Å². The molecule has 0 fully saturated rings. The first-order valence-electron chi connectivity index (χ1n) is 8.56. The van der Waals surface area contributed by atoms with Crippen LogP contribution in [0.1, 0.15) is 27.8 Å². The van der Waals surface area contributed by atoms with E-state index in [1.807, 2.05) is 0 Å². The summed E-state index contributed by atoms with van der Waals surface area (Å²) in [5.74, 6) is 0. The number of fused-ring (bicyclic) bond motifs is 3. The Kier molecular flexibility index (Phi) is 3.24. The molecule has 0 nitrogen and oxygen atoms in total. The van der Waals surface area contributed by atoms with Crippen molar-refractivity contribution < 1.29 is 0 Å². The largest absolute Gasteiger partial charge is 0.0803 e. The molecule has 4 rings (SSSR count). The lowest BCUT2D eigenvalue weighted by molar-refractivity contribution is 1.06. The molecule has 0 bridgehead atoms. The Bertz CT molecular complexity index is 776. The molecule has 0 saturated carbocycles. The van der Waals surface area contributed by atoms with Crippen LogP contribution in [0.5, 0.6) is 0 Å². The van der Waals surface area contributed by atoms with Crippen LogP contribution in [0.4, 0.5) is 0 Å². The first-order chi connectivity index (χ1) is 11.0. The van der Waals surface area contributed by atoms with Crippen LogP contribution in [-0.2, 0) is 0 Å². The molecule has 2 aliphatic rings. The number of benzene rings is 2. The maximum atomic E-state index is 2.56. The summed E-state index contributed by atoms with van der Waals surface area (Å²) < 4.78 is 0. The topological polar surface area (TPSA) is 0 Å². The van der Waals surface area contributed by atoms with Crippen molar-refractivity contribution in [3.8, 4) is 11.1 Å². The summed E-state index contributed by atoms with van der Waals surface area (Å²) in [4.78, 5) is 0. The lowest BCUT2D eigenvalue weighted by Crippen LogP contribution is -2.38. The fourth-order valence-corrected chi connectivity index (χ4v) is 8.32. The van der Waals surface area contributed by atoms with Crippen molar-refractivity contribution in [3.05, 3.63) is 83.0 Å². The van der Waals surface area contributed by atoms with Gasteiger partial charge in [-0.2, -0.15) is 0 Å². The first kappa shape index (κ1) is 14.7. The monoisotopic (exact) mass is 316 g/mol. The molecule has 0 aromatic heterocycles. The fraction of sp³-hybridized carbons (Fsp3) is 0.273. The van der Waals surface area contributed by atoms with Crippen molar-refractivity contribution in [2.75, 3.05) is 0 Å². The standard InChI is InChI=1S/C22H24Si/c1-15-9-7-13-18-20(15)21-16(2)10-8-14-19(21)22(18)23(3,4)17-11-5-6-12-17/h5-14,17,22H,1-4H3. The molecule has 23 heavy (non-hydrogen) atoms. The maximum absolute atomic E-state index is 2.56. The molecule has 0 unspecified atom stereocenters. The van der Waals surface area contributed by atoms with E-state index < -0.39 is 8.07 Å². The molecule has 2 aromatic rings. The second-order valence-electron chi connectivity index (χ2n) is 7.63. The Morgan fingerprint density at radius 2 is 1.22 bits per heavy atom. The van der Waals surface area contributed by atoms with Crippen molar-refractivity contribution in [1.82, 2.24) is 0 Å². The van der Waals surface area contributed by atoms with Crippen molar-refractivity contribution in [3.63, 3.8) is 0 Å². The summed E-state index contributed by atoms with van der Waals surface area (Å²) in [6.45, 7) is 9.65. The Morgan fingerprint density at radius 1 is 0.739 bits per heavy atom. The van der Waals surface area contributed by atoms with Crippen LogP contribution in [0, 0.1) is 13.8 Å². The average molecular weight is 317 g/mol. The van der Waals surface area contributed by atoms with E-state index in [0.29, 0.717) is 11.1 Å². The summed E-state index contributed by atoms with van der Waals surface area (Å²) in [5, 5.41) is 0. The van der Waals surface area contributed by atoms with Gasteiger partial charge >= 0.3 is 0 Å². The van der Waals surface area contributed by atoms with Gasteiger partial charge in [-0.15, -0.1) is 0 Å². The molecule has 0 spiro atoms. The Labute approximate surface area is 140 Å². The molecule has 0 saturated heterocycles. The highest BCUT2D eigenvalue weighted by Crippen LogP contribution is 2.54. The highest BCUT2D eigenvalue weighted by atomic mass is 28.3. The van der Waals surface area contributed by atoms with Gasteiger partial charge in [0, 0.05) is 5.54 Å². The molecule has 2 aromatic carbocycles. The third-order valence-electron chi connectivity index (χ3n) is 5.83. The minimum absolute atomic E-state index is 0.588. The summed E-state index contributed by atoms with van der Waals surface area (Å²) in [5.41, 5.74) is 10.2. The Morgan fingerprint density at radius 3 is 1.70 bits per heavy atom. The highest BCUT2D eigenvalue weighted by Gasteiger charge is 2.44. The third kappa shape index (κ3) is 2.03. The van der Waals surface area contributed by atoms with Gasteiger partial charge in [-0.05, 0) is 52.8 Å². The van der Waals surface area contributed by atoms with E-state index in [0.717, 1.165) is 0 Å². The van der Waals surface area contributed by atoms with Crippen molar-refractivity contribution in [2.45, 2.75) is 38.0 Å². The molecule has 0 radical (unpaired) electrons. The molecule has 1 heteroatoms. The third-order valence-corrected chi connectivity index (χ3v) is 10.0. The van der Waals surface area contributed by atoms with E-state index in [4.69, 9.17) is 0 Å². The van der Waals surface area contributed by atoms with Crippen LogP contribution in [0.15, 0.2) is 60.7 Å². The van der Waals surface area contributed by atoms with Crippen molar-refractivity contribution >= 4 is 8.07 Å². The van der Waals surface area contributed by atoms with Gasteiger partial charge < -0.3 is 0 Å². The lowest BCUT2D eigenvalue weighted by Gasteiger charge is -2.35. The average Bonchev–Trinajstić information content (AvgIpc) is 3.14. The van der Waals surface area contributed by atoms with Crippen LogP contribution >= 0.6 is 0 Å². The zero-order valence-corrected chi connectivity index (χ0v) is 15.4. The molecule has 0 N–H and O–H groups in total. The first-order valence-corrected chi connectivity index (χ1v) is 11.7. The predicted molar refractivity (Wildman–Crippen MR) is 103 cm³/mol. The summed E-state index contributed by atoms with van der Waals surface area (Å²) in [7, 11) is -1.56. The molecule has 0 heterocycles. The molecular weight excluding hydrogens is 292 g/mol. The zero-order valence-electron chi connectivity index (χ0n) is 14.4. The number of aryl methyl sites for hydroxylation is 2. The van der Waals surface area contributed by atoms with Gasteiger partial charge in [0.1, 0.15) is 0 Å². The van der Waals surface area contributed by atoms with Crippen molar-refractivity contribution in [2.24, 2.45) is 0 Å². The van der Waals surface area contributed by atoms with E-state index >= 15 is 0 Å². The number of rotatable bonds is 2. The maximum Gasteiger partial charge on any atom is 0.0715 e. The number of hydrogen-bond donors (Lipinski definition) is 0. The minimum Gasteiger partial charge on any atom is -0.0803 e. The van der Waals surface area contributed by atoms with Gasteiger partial charge in [-0.3, -0.25) is 0 Å². The van der Waals surface area contributed by atoms with Crippen LogP contribution in [0.2, 0.25) is 18.6 Å². The summed E-state index contributed by atoms with van der Waals surface area (Å²) in [6, 6.07) is 13.8. The van der Waals surface area contributed by atoms with Crippen LogP contribution in [-0.4, -0.2) is 8.07 Å². The van der Waals surface area contributed by atoms with Gasteiger partial charge in [-0.25, -0.2) is 0 Å². The zero-order chi connectivity index (χ0) is 16.2. The minimum atomic E-state index is -1.56. The fourth-order valence-electron chi connectivity index (χ4n) is 4.63. The molecule has 116 valence electrons. The second kappa shape index (κ2) is 5.07. The second-order valence-corrected chi connectivity index (χ2v) is 12.5. The Balaban J connectivity index is 1.99. The van der Waals surface area contributed by atoms with Crippen molar-refractivity contribution in [1.29, 1.82) is 0 Å². The van der Waals surface area contributed by atoms with Crippen LogP contribution < -0.4 is 0 Å². The molecular formula is C22H24Si. The van der Waals surface area contributed by atoms with E-state index in [1.54, 1.807) is 11.1 Å². The van der Waals surface area contributed by atoms with Gasteiger partial charge in [0.2, 0.25) is 0 Å². The van der Waals surface area contributed by atoms with E-state index in [1.165, 1.54) is 22.3 Å². The number of allylic oxidation sites excluding steroid dienone is 4. The summed E-state index contributed by atoms with van der Waals surface area (Å²) in [6.07, 6.45) is 9.27. The van der Waals surface area contributed by atoms with Crippen LogP contribution in [0.25, 0.3) is 11.1 Å². The molecule has 0 aliphatic heterocycles. The van der Waals surface area contributed by atoms with Gasteiger partial charge in [-0.1, -0.05) is 73.8 Å². The quantitative estimate of drug-likeness (QED) is 0.582.